The number of aromatic nitrogens is 2. The molecule has 6 heteroatoms. The molecule has 0 unspecified atom stereocenters. The predicted molar refractivity (Wildman–Crippen MR) is 101 cm³/mol. The van der Waals surface area contributed by atoms with Gasteiger partial charge in [0.05, 0.1) is 11.0 Å². The van der Waals surface area contributed by atoms with E-state index >= 15 is 0 Å². The van der Waals surface area contributed by atoms with Gasteiger partial charge in [-0.15, -0.1) is 0 Å². The number of rotatable bonds is 2. The van der Waals surface area contributed by atoms with E-state index in [1.807, 2.05) is 30.5 Å². The number of hydrogen-bond donors (Lipinski definition) is 2. The van der Waals surface area contributed by atoms with Crippen LogP contribution in [0, 0.1) is 0 Å². The third kappa shape index (κ3) is 3.23. The second-order valence-corrected chi connectivity index (χ2v) is 6.40. The number of halogens is 1. The molecule has 0 spiro atoms. The van der Waals surface area contributed by atoms with Gasteiger partial charge in [-0.3, -0.25) is 4.98 Å². The quantitative estimate of drug-likeness (QED) is 0.711. The SMILES string of the molecule is O=C(Nc1cccc(Cl)c1)N1CC=C(c2c[nH]c3cccnc23)CC1. The van der Waals surface area contributed by atoms with Crippen LogP contribution in [0.2, 0.25) is 5.02 Å². The number of carbonyl (C=O) groups is 1. The fraction of sp³-hybridized carbons (Fsp3) is 0.158. The van der Waals surface area contributed by atoms with Gasteiger partial charge in [-0.2, -0.15) is 0 Å². The molecule has 0 fully saturated rings. The van der Waals surface area contributed by atoms with Crippen LogP contribution in [0.25, 0.3) is 16.6 Å². The van der Waals surface area contributed by atoms with Crippen LogP contribution < -0.4 is 5.32 Å². The van der Waals surface area contributed by atoms with Crippen molar-refractivity contribution in [3.05, 3.63) is 65.5 Å². The van der Waals surface area contributed by atoms with Gasteiger partial charge >= 0.3 is 6.03 Å². The van der Waals surface area contributed by atoms with Gasteiger partial charge in [0, 0.05) is 41.8 Å². The van der Waals surface area contributed by atoms with Gasteiger partial charge in [0.25, 0.3) is 0 Å². The third-order valence-electron chi connectivity index (χ3n) is 4.35. The van der Waals surface area contributed by atoms with E-state index in [4.69, 9.17) is 11.6 Å². The second-order valence-electron chi connectivity index (χ2n) is 5.97. The molecule has 2 N–H and O–H groups in total. The molecule has 0 saturated carbocycles. The number of aromatic amines is 1. The van der Waals surface area contributed by atoms with Crippen LogP contribution in [0.15, 0.2) is 54.9 Å². The van der Waals surface area contributed by atoms with Crippen LogP contribution in [0.4, 0.5) is 10.5 Å². The van der Waals surface area contributed by atoms with Crippen molar-refractivity contribution in [1.82, 2.24) is 14.9 Å². The van der Waals surface area contributed by atoms with Crippen LogP contribution >= 0.6 is 11.6 Å². The average molecular weight is 353 g/mol. The fourth-order valence-electron chi connectivity index (χ4n) is 3.07. The van der Waals surface area contributed by atoms with Gasteiger partial charge in [0.15, 0.2) is 0 Å². The predicted octanol–water partition coefficient (Wildman–Crippen LogP) is 4.54. The molecule has 0 radical (unpaired) electrons. The molecule has 1 aliphatic rings. The summed E-state index contributed by atoms with van der Waals surface area (Å²) in [5.74, 6) is 0. The highest BCUT2D eigenvalue weighted by Gasteiger charge is 2.19. The number of urea groups is 1. The molecule has 0 bridgehead atoms. The number of hydrogen-bond acceptors (Lipinski definition) is 2. The second kappa shape index (κ2) is 6.61. The molecule has 0 aliphatic carbocycles. The summed E-state index contributed by atoms with van der Waals surface area (Å²) in [6.07, 6.45) is 6.68. The summed E-state index contributed by atoms with van der Waals surface area (Å²) in [5, 5.41) is 3.49. The zero-order chi connectivity index (χ0) is 17.2. The lowest BCUT2D eigenvalue weighted by Gasteiger charge is -2.26. The highest BCUT2D eigenvalue weighted by Crippen LogP contribution is 2.28. The van der Waals surface area contributed by atoms with Gasteiger partial charge in [-0.25, -0.2) is 4.79 Å². The van der Waals surface area contributed by atoms with Crippen LogP contribution in [0.3, 0.4) is 0 Å². The Hall–Kier alpha value is -2.79. The first-order valence-corrected chi connectivity index (χ1v) is 8.51. The topological polar surface area (TPSA) is 61.0 Å². The molecular weight excluding hydrogens is 336 g/mol. The summed E-state index contributed by atoms with van der Waals surface area (Å²) in [5.41, 5.74) is 5.04. The zero-order valence-corrected chi connectivity index (χ0v) is 14.3. The first-order valence-electron chi connectivity index (χ1n) is 8.14. The minimum absolute atomic E-state index is 0.116. The number of anilines is 1. The van der Waals surface area contributed by atoms with E-state index in [2.05, 4.69) is 21.4 Å². The van der Waals surface area contributed by atoms with Crippen molar-refractivity contribution in [2.45, 2.75) is 6.42 Å². The largest absolute Gasteiger partial charge is 0.359 e. The van der Waals surface area contributed by atoms with Gasteiger partial charge in [-0.05, 0) is 42.3 Å². The number of carbonyl (C=O) groups excluding carboxylic acids is 1. The van der Waals surface area contributed by atoms with E-state index in [0.717, 1.165) is 23.0 Å². The molecule has 0 saturated heterocycles. The lowest BCUT2D eigenvalue weighted by atomic mass is 10.0. The van der Waals surface area contributed by atoms with Crippen LogP contribution in [-0.2, 0) is 0 Å². The Morgan fingerprint density at radius 2 is 2.20 bits per heavy atom. The van der Waals surface area contributed by atoms with E-state index in [1.165, 1.54) is 5.57 Å². The first-order chi connectivity index (χ1) is 12.2. The normalized spacial score (nSPS) is 14.4. The van der Waals surface area contributed by atoms with Crippen molar-refractivity contribution in [3.8, 4) is 0 Å². The molecule has 2 amide bonds. The van der Waals surface area contributed by atoms with Crippen LogP contribution in [0.1, 0.15) is 12.0 Å². The maximum atomic E-state index is 12.4. The van der Waals surface area contributed by atoms with Crippen molar-refractivity contribution in [2.75, 3.05) is 18.4 Å². The maximum Gasteiger partial charge on any atom is 0.322 e. The number of H-pyrrole nitrogens is 1. The van der Waals surface area contributed by atoms with Crippen LogP contribution in [0.5, 0.6) is 0 Å². The molecule has 25 heavy (non-hydrogen) atoms. The number of pyridine rings is 1. The number of amides is 2. The summed E-state index contributed by atoms with van der Waals surface area (Å²) in [6, 6.07) is 11.0. The van der Waals surface area contributed by atoms with Crippen molar-refractivity contribution in [2.24, 2.45) is 0 Å². The van der Waals surface area contributed by atoms with Crippen LogP contribution in [-0.4, -0.2) is 34.0 Å². The van der Waals surface area contributed by atoms with E-state index in [0.29, 0.717) is 23.8 Å². The smallest absolute Gasteiger partial charge is 0.322 e. The third-order valence-corrected chi connectivity index (χ3v) is 4.59. The van der Waals surface area contributed by atoms with Gasteiger partial charge in [-0.1, -0.05) is 23.7 Å². The van der Waals surface area contributed by atoms with E-state index in [-0.39, 0.29) is 6.03 Å². The Labute approximate surface area is 150 Å². The van der Waals surface area contributed by atoms with E-state index in [1.54, 1.807) is 23.2 Å². The molecule has 3 aromatic rings. The molecular formula is C19H17ClN4O. The van der Waals surface area contributed by atoms with E-state index < -0.39 is 0 Å². The Bertz CT molecular complexity index is 963. The minimum Gasteiger partial charge on any atom is -0.359 e. The fourth-order valence-corrected chi connectivity index (χ4v) is 3.26. The lowest BCUT2D eigenvalue weighted by molar-refractivity contribution is 0.217. The molecule has 1 aliphatic heterocycles. The molecule has 2 aromatic heterocycles. The van der Waals surface area contributed by atoms with Gasteiger partial charge < -0.3 is 15.2 Å². The van der Waals surface area contributed by atoms with Crippen molar-refractivity contribution in [3.63, 3.8) is 0 Å². The molecule has 1 aromatic carbocycles. The standard InChI is InChI=1S/C19H17ClN4O/c20-14-3-1-4-15(11-14)23-19(25)24-9-6-13(7-10-24)16-12-22-17-5-2-8-21-18(16)17/h1-6,8,11-12,22H,7,9-10H2,(H,23,25). The Morgan fingerprint density at radius 1 is 1.28 bits per heavy atom. The molecule has 0 atom stereocenters. The number of fused-ring (bicyclic) bond motifs is 1. The number of nitrogens with zero attached hydrogens (tertiary/aromatic N) is 2. The number of benzene rings is 1. The van der Waals surface area contributed by atoms with E-state index in [9.17, 15) is 4.79 Å². The highest BCUT2D eigenvalue weighted by atomic mass is 35.5. The Kier molecular flexibility index (Phi) is 4.15. The summed E-state index contributed by atoms with van der Waals surface area (Å²) in [6.45, 7) is 1.24. The minimum atomic E-state index is -0.116. The average Bonchev–Trinajstić information content (AvgIpc) is 3.06. The lowest BCUT2D eigenvalue weighted by Crippen LogP contribution is -2.37. The highest BCUT2D eigenvalue weighted by molar-refractivity contribution is 6.30. The molecule has 3 heterocycles. The summed E-state index contributed by atoms with van der Waals surface area (Å²) >= 11 is 5.95. The Morgan fingerprint density at radius 3 is 3.00 bits per heavy atom. The first kappa shape index (κ1) is 15.7. The molecule has 4 rings (SSSR count). The zero-order valence-electron chi connectivity index (χ0n) is 13.5. The van der Waals surface area contributed by atoms with Crippen molar-refractivity contribution >= 4 is 39.9 Å². The summed E-state index contributed by atoms with van der Waals surface area (Å²) < 4.78 is 0. The molecule has 5 nitrogen and oxygen atoms in total. The number of nitrogens with one attached hydrogen (secondary N) is 2. The maximum absolute atomic E-state index is 12.4. The van der Waals surface area contributed by atoms with Gasteiger partial charge in [0.2, 0.25) is 0 Å². The molecule has 126 valence electrons. The van der Waals surface area contributed by atoms with Gasteiger partial charge in [0.1, 0.15) is 0 Å². The van der Waals surface area contributed by atoms with Crippen molar-refractivity contribution in [1.29, 1.82) is 0 Å². The Balaban J connectivity index is 1.47. The monoisotopic (exact) mass is 352 g/mol. The summed E-state index contributed by atoms with van der Waals surface area (Å²) in [4.78, 5) is 21.9. The summed E-state index contributed by atoms with van der Waals surface area (Å²) in [7, 11) is 0. The van der Waals surface area contributed by atoms with Crippen molar-refractivity contribution < 1.29 is 4.79 Å².